The van der Waals surface area contributed by atoms with Crippen molar-refractivity contribution in [1.29, 1.82) is 0 Å². The SMILES string of the molecule is Cc1ccc(S(=O)(=O)N2CCC(CO)C2c2ccccc2)cc1. The fourth-order valence-electron chi connectivity index (χ4n) is 3.22. The van der Waals surface area contributed by atoms with Crippen molar-refractivity contribution in [3.8, 4) is 0 Å². The van der Waals surface area contributed by atoms with Gasteiger partial charge in [-0.1, -0.05) is 48.0 Å². The second-order valence-corrected chi connectivity index (χ2v) is 7.91. The third kappa shape index (κ3) is 3.04. The number of nitrogens with zero attached hydrogens (tertiary/aromatic N) is 1. The van der Waals surface area contributed by atoms with Crippen LogP contribution in [0.3, 0.4) is 0 Å². The van der Waals surface area contributed by atoms with Crippen molar-refractivity contribution >= 4 is 10.0 Å². The van der Waals surface area contributed by atoms with Crippen molar-refractivity contribution in [2.24, 2.45) is 5.92 Å². The minimum absolute atomic E-state index is 0.0144. The molecule has 1 fully saturated rings. The zero-order valence-corrected chi connectivity index (χ0v) is 13.9. The van der Waals surface area contributed by atoms with E-state index in [1.54, 1.807) is 12.1 Å². The molecule has 0 bridgehead atoms. The molecule has 0 spiro atoms. The molecule has 2 atom stereocenters. The van der Waals surface area contributed by atoms with Crippen molar-refractivity contribution in [1.82, 2.24) is 4.31 Å². The molecular formula is C18H21NO3S. The van der Waals surface area contributed by atoms with E-state index in [2.05, 4.69) is 0 Å². The highest BCUT2D eigenvalue weighted by atomic mass is 32.2. The molecule has 0 radical (unpaired) electrons. The molecule has 1 aliphatic heterocycles. The minimum Gasteiger partial charge on any atom is -0.396 e. The first-order valence-corrected chi connectivity index (χ1v) is 9.22. The van der Waals surface area contributed by atoms with E-state index in [9.17, 15) is 13.5 Å². The van der Waals surface area contributed by atoms with Gasteiger partial charge in [0.25, 0.3) is 0 Å². The average Bonchev–Trinajstić information content (AvgIpc) is 3.01. The molecule has 3 rings (SSSR count). The Bertz CT molecular complexity index is 757. The standard InChI is InChI=1S/C18H21NO3S/c1-14-7-9-17(10-8-14)23(21,22)19-12-11-16(13-20)18(19)15-5-3-2-4-6-15/h2-10,16,18,20H,11-13H2,1H3. The fraction of sp³-hybridized carbons (Fsp3) is 0.333. The monoisotopic (exact) mass is 331 g/mol. The van der Waals surface area contributed by atoms with Crippen LogP contribution < -0.4 is 0 Å². The highest BCUT2D eigenvalue weighted by Crippen LogP contribution is 2.40. The number of aryl methyl sites for hydroxylation is 1. The Morgan fingerprint density at radius 2 is 1.74 bits per heavy atom. The molecule has 1 N–H and O–H groups in total. The van der Waals surface area contributed by atoms with Gasteiger partial charge in [-0.15, -0.1) is 0 Å². The molecule has 122 valence electrons. The normalized spacial score (nSPS) is 22.3. The summed E-state index contributed by atoms with van der Waals surface area (Å²) in [5.41, 5.74) is 1.96. The van der Waals surface area contributed by atoms with Gasteiger partial charge in [0.15, 0.2) is 0 Å². The van der Waals surface area contributed by atoms with Crippen LogP contribution in [0.2, 0.25) is 0 Å². The summed E-state index contributed by atoms with van der Waals surface area (Å²) in [4.78, 5) is 0.308. The summed E-state index contributed by atoms with van der Waals surface area (Å²) in [7, 11) is -3.57. The number of benzene rings is 2. The first-order chi connectivity index (χ1) is 11.0. The van der Waals surface area contributed by atoms with Gasteiger partial charge in [0.2, 0.25) is 10.0 Å². The largest absolute Gasteiger partial charge is 0.396 e. The lowest BCUT2D eigenvalue weighted by molar-refractivity contribution is 0.199. The Morgan fingerprint density at radius 1 is 1.09 bits per heavy atom. The predicted molar refractivity (Wildman–Crippen MR) is 89.4 cm³/mol. The molecule has 1 heterocycles. The van der Waals surface area contributed by atoms with E-state index in [1.807, 2.05) is 49.4 Å². The Kier molecular flexibility index (Phi) is 4.53. The van der Waals surface area contributed by atoms with E-state index < -0.39 is 10.0 Å². The molecule has 2 unspecified atom stereocenters. The Morgan fingerprint density at radius 3 is 2.35 bits per heavy atom. The van der Waals surface area contributed by atoms with Crippen LogP contribution in [0, 0.1) is 12.8 Å². The molecule has 23 heavy (non-hydrogen) atoms. The zero-order chi connectivity index (χ0) is 16.4. The third-order valence-electron chi connectivity index (χ3n) is 4.48. The van der Waals surface area contributed by atoms with Crippen LogP contribution in [0.15, 0.2) is 59.5 Å². The Balaban J connectivity index is 2.01. The first kappa shape index (κ1) is 16.2. The van der Waals surface area contributed by atoms with Crippen LogP contribution in [0.25, 0.3) is 0 Å². The summed E-state index contributed by atoms with van der Waals surface area (Å²) in [6.07, 6.45) is 0.668. The first-order valence-electron chi connectivity index (χ1n) is 7.78. The van der Waals surface area contributed by atoms with Crippen LogP contribution in [-0.4, -0.2) is 31.0 Å². The van der Waals surface area contributed by atoms with E-state index in [-0.39, 0.29) is 18.6 Å². The Hall–Kier alpha value is -1.69. The van der Waals surface area contributed by atoms with Crippen LogP contribution >= 0.6 is 0 Å². The van der Waals surface area contributed by atoms with Crippen LogP contribution in [0.4, 0.5) is 0 Å². The molecular weight excluding hydrogens is 310 g/mol. The third-order valence-corrected chi connectivity index (χ3v) is 6.38. The summed E-state index contributed by atoms with van der Waals surface area (Å²) in [5.74, 6) is -0.0716. The van der Waals surface area contributed by atoms with Gasteiger partial charge in [-0.25, -0.2) is 8.42 Å². The van der Waals surface area contributed by atoms with Gasteiger partial charge in [-0.2, -0.15) is 4.31 Å². The lowest BCUT2D eigenvalue weighted by Gasteiger charge is -2.27. The fourth-order valence-corrected chi connectivity index (χ4v) is 4.91. The highest BCUT2D eigenvalue weighted by molar-refractivity contribution is 7.89. The summed E-state index contributed by atoms with van der Waals surface area (Å²) >= 11 is 0. The maximum absolute atomic E-state index is 13.0. The second-order valence-electron chi connectivity index (χ2n) is 6.02. The maximum Gasteiger partial charge on any atom is 0.243 e. The molecule has 0 saturated carbocycles. The molecule has 0 aromatic heterocycles. The number of hydrogen-bond donors (Lipinski definition) is 1. The van der Waals surface area contributed by atoms with Crippen molar-refractivity contribution in [3.05, 3.63) is 65.7 Å². The molecule has 2 aromatic rings. The van der Waals surface area contributed by atoms with Gasteiger partial charge in [-0.3, -0.25) is 0 Å². The number of aliphatic hydroxyl groups excluding tert-OH is 1. The number of aliphatic hydroxyl groups is 1. The van der Waals surface area contributed by atoms with Crippen molar-refractivity contribution in [2.45, 2.75) is 24.3 Å². The Labute approximate surface area is 137 Å². The van der Waals surface area contributed by atoms with Gasteiger partial charge < -0.3 is 5.11 Å². The topological polar surface area (TPSA) is 57.6 Å². The zero-order valence-electron chi connectivity index (χ0n) is 13.1. The molecule has 5 heteroatoms. The van der Waals surface area contributed by atoms with E-state index in [4.69, 9.17) is 0 Å². The number of rotatable bonds is 4. The van der Waals surface area contributed by atoms with Crippen LogP contribution in [0.1, 0.15) is 23.6 Å². The van der Waals surface area contributed by atoms with Gasteiger partial charge in [0, 0.05) is 19.1 Å². The molecule has 1 aliphatic rings. The van der Waals surface area contributed by atoms with Crippen molar-refractivity contribution in [3.63, 3.8) is 0 Å². The minimum atomic E-state index is -3.57. The predicted octanol–water partition coefficient (Wildman–Crippen LogP) is 2.74. The van der Waals surface area contributed by atoms with Gasteiger partial charge in [0.1, 0.15) is 0 Å². The van der Waals surface area contributed by atoms with Crippen molar-refractivity contribution in [2.75, 3.05) is 13.2 Å². The number of hydrogen-bond acceptors (Lipinski definition) is 3. The number of sulfonamides is 1. The highest BCUT2D eigenvalue weighted by Gasteiger charge is 2.41. The van der Waals surface area contributed by atoms with E-state index >= 15 is 0 Å². The van der Waals surface area contributed by atoms with E-state index in [0.717, 1.165) is 11.1 Å². The molecule has 2 aromatic carbocycles. The molecule has 1 saturated heterocycles. The van der Waals surface area contributed by atoms with E-state index in [0.29, 0.717) is 17.9 Å². The average molecular weight is 331 g/mol. The molecule has 4 nitrogen and oxygen atoms in total. The smallest absolute Gasteiger partial charge is 0.243 e. The van der Waals surface area contributed by atoms with Gasteiger partial charge in [-0.05, 0) is 31.0 Å². The van der Waals surface area contributed by atoms with Crippen LogP contribution in [0.5, 0.6) is 0 Å². The summed E-state index contributed by atoms with van der Waals surface area (Å²) in [6, 6.07) is 16.2. The summed E-state index contributed by atoms with van der Waals surface area (Å²) < 4.78 is 27.6. The molecule has 0 aliphatic carbocycles. The maximum atomic E-state index is 13.0. The van der Waals surface area contributed by atoms with Gasteiger partial charge >= 0.3 is 0 Å². The molecule has 0 amide bonds. The second kappa shape index (κ2) is 6.43. The van der Waals surface area contributed by atoms with Crippen molar-refractivity contribution < 1.29 is 13.5 Å². The van der Waals surface area contributed by atoms with Gasteiger partial charge in [0.05, 0.1) is 10.9 Å². The van der Waals surface area contributed by atoms with E-state index in [1.165, 1.54) is 4.31 Å². The quantitative estimate of drug-likeness (QED) is 0.937. The van der Waals surface area contributed by atoms with Crippen LogP contribution in [-0.2, 0) is 10.0 Å². The lowest BCUT2D eigenvalue weighted by atomic mass is 9.95. The summed E-state index contributed by atoms with van der Waals surface area (Å²) in [6.45, 7) is 2.35. The lowest BCUT2D eigenvalue weighted by Crippen LogP contribution is -2.32. The summed E-state index contributed by atoms with van der Waals surface area (Å²) in [5, 5.41) is 9.67.